The molecular weight excluding hydrogens is 278 g/mol. The number of amides is 1. The monoisotopic (exact) mass is 295 g/mol. The summed E-state index contributed by atoms with van der Waals surface area (Å²) in [4.78, 5) is 25.6. The summed E-state index contributed by atoms with van der Waals surface area (Å²) in [7, 11) is 0. The Labute approximate surface area is 129 Å². The highest BCUT2D eigenvalue weighted by atomic mass is 16.4. The molecule has 0 fully saturated rings. The van der Waals surface area contributed by atoms with Gasteiger partial charge in [0, 0.05) is 5.69 Å². The van der Waals surface area contributed by atoms with Crippen LogP contribution in [0.1, 0.15) is 35.3 Å². The van der Waals surface area contributed by atoms with E-state index in [4.69, 9.17) is 0 Å². The predicted molar refractivity (Wildman–Crippen MR) is 84.1 cm³/mol. The molecule has 0 aliphatic carbocycles. The third-order valence-electron chi connectivity index (χ3n) is 4.17. The molecule has 4 heteroatoms. The minimum Gasteiger partial charge on any atom is -0.478 e. The zero-order valence-electron chi connectivity index (χ0n) is 12.5. The Morgan fingerprint density at radius 2 is 1.82 bits per heavy atom. The maximum Gasteiger partial charge on any atom is 0.335 e. The number of carbonyl (C=O) groups is 2. The number of benzene rings is 2. The van der Waals surface area contributed by atoms with E-state index in [1.54, 1.807) is 23.1 Å². The molecule has 1 N–H and O–H groups in total. The summed E-state index contributed by atoms with van der Waals surface area (Å²) in [5, 5.41) is 9.18. The molecule has 0 spiro atoms. The van der Waals surface area contributed by atoms with Crippen molar-refractivity contribution in [3.05, 3.63) is 65.2 Å². The fourth-order valence-corrected chi connectivity index (χ4v) is 2.90. The normalized spacial score (nSPS) is 15.7. The molecular formula is C18H17NO3. The molecule has 2 aromatic rings. The van der Waals surface area contributed by atoms with E-state index < -0.39 is 11.4 Å². The topological polar surface area (TPSA) is 57.6 Å². The van der Waals surface area contributed by atoms with Gasteiger partial charge in [-0.25, -0.2) is 4.79 Å². The van der Waals surface area contributed by atoms with Crippen LogP contribution in [0.2, 0.25) is 0 Å². The number of nitrogens with zero attached hydrogens (tertiary/aromatic N) is 1. The lowest BCUT2D eigenvalue weighted by Gasteiger charge is -2.20. The first-order valence-electron chi connectivity index (χ1n) is 7.15. The van der Waals surface area contributed by atoms with Crippen molar-refractivity contribution in [1.29, 1.82) is 0 Å². The molecule has 0 bridgehead atoms. The molecule has 1 aliphatic heterocycles. The van der Waals surface area contributed by atoms with E-state index in [0.29, 0.717) is 12.2 Å². The average molecular weight is 295 g/mol. The van der Waals surface area contributed by atoms with Gasteiger partial charge in [0.25, 0.3) is 0 Å². The first kappa shape index (κ1) is 14.3. The number of hydrogen-bond acceptors (Lipinski definition) is 2. The van der Waals surface area contributed by atoms with Gasteiger partial charge in [0.1, 0.15) is 0 Å². The lowest BCUT2D eigenvalue weighted by molar-refractivity contribution is -0.122. The Kier molecular flexibility index (Phi) is 3.24. The van der Waals surface area contributed by atoms with Gasteiger partial charge in [0.05, 0.1) is 17.5 Å². The van der Waals surface area contributed by atoms with Crippen molar-refractivity contribution in [2.75, 3.05) is 4.90 Å². The van der Waals surface area contributed by atoms with E-state index in [1.807, 2.05) is 44.2 Å². The first-order valence-corrected chi connectivity index (χ1v) is 7.15. The lowest BCUT2D eigenvalue weighted by Crippen LogP contribution is -2.35. The summed E-state index contributed by atoms with van der Waals surface area (Å²) < 4.78 is 0. The SMILES string of the molecule is CC1(C)C(=O)N(Cc2ccccc2)c2cc(C(=O)O)ccc21. The van der Waals surface area contributed by atoms with Gasteiger partial charge in [-0.15, -0.1) is 0 Å². The summed E-state index contributed by atoms with van der Waals surface area (Å²) in [6.45, 7) is 4.19. The van der Waals surface area contributed by atoms with Gasteiger partial charge >= 0.3 is 5.97 Å². The molecule has 3 rings (SSSR count). The maximum absolute atomic E-state index is 12.7. The second-order valence-electron chi connectivity index (χ2n) is 6.04. The van der Waals surface area contributed by atoms with E-state index >= 15 is 0 Å². The predicted octanol–water partition coefficient (Wildman–Crippen LogP) is 3.21. The summed E-state index contributed by atoms with van der Waals surface area (Å²) in [6.07, 6.45) is 0. The molecule has 22 heavy (non-hydrogen) atoms. The molecule has 0 radical (unpaired) electrons. The van der Waals surface area contributed by atoms with Gasteiger partial charge in [-0.3, -0.25) is 4.79 Å². The van der Waals surface area contributed by atoms with Crippen molar-refractivity contribution in [1.82, 2.24) is 0 Å². The van der Waals surface area contributed by atoms with Gasteiger partial charge in [0.15, 0.2) is 0 Å². The van der Waals surface area contributed by atoms with Crippen LogP contribution in [0.25, 0.3) is 0 Å². The maximum atomic E-state index is 12.7. The second kappa shape index (κ2) is 4.98. The van der Waals surface area contributed by atoms with Crippen LogP contribution in [0, 0.1) is 0 Å². The van der Waals surface area contributed by atoms with Crippen molar-refractivity contribution in [3.8, 4) is 0 Å². The zero-order chi connectivity index (χ0) is 15.9. The third kappa shape index (κ3) is 2.17. The summed E-state index contributed by atoms with van der Waals surface area (Å²) in [5.74, 6) is -0.992. The fourth-order valence-electron chi connectivity index (χ4n) is 2.90. The van der Waals surface area contributed by atoms with E-state index in [2.05, 4.69) is 0 Å². The molecule has 0 aromatic heterocycles. The van der Waals surface area contributed by atoms with E-state index in [0.717, 1.165) is 11.1 Å². The van der Waals surface area contributed by atoms with Crippen LogP contribution in [0.4, 0.5) is 5.69 Å². The highest BCUT2D eigenvalue weighted by molar-refractivity contribution is 6.08. The van der Waals surface area contributed by atoms with Crippen molar-refractivity contribution in [2.24, 2.45) is 0 Å². The Balaban J connectivity index is 2.07. The Hall–Kier alpha value is -2.62. The number of hydrogen-bond donors (Lipinski definition) is 1. The summed E-state index contributed by atoms with van der Waals surface area (Å²) >= 11 is 0. The van der Waals surface area contributed by atoms with Crippen LogP contribution >= 0.6 is 0 Å². The van der Waals surface area contributed by atoms with Crippen molar-refractivity contribution in [2.45, 2.75) is 25.8 Å². The molecule has 0 saturated carbocycles. The smallest absolute Gasteiger partial charge is 0.335 e. The van der Waals surface area contributed by atoms with E-state index in [-0.39, 0.29) is 11.5 Å². The minimum atomic E-state index is -0.986. The Bertz CT molecular complexity index is 750. The fraction of sp³-hybridized carbons (Fsp3) is 0.222. The molecule has 0 unspecified atom stereocenters. The van der Waals surface area contributed by atoms with Gasteiger partial charge < -0.3 is 10.0 Å². The molecule has 112 valence electrons. The molecule has 0 atom stereocenters. The van der Waals surface area contributed by atoms with Crippen molar-refractivity contribution >= 4 is 17.6 Å². The van der Waals surface area contributed by atoms with E-state index in [9.17, 15) is 14.7 Å². The average Bonchev–Trinajstić information content (AvgIpc) is 2.69. The number of carboxylic acid groups (broad SMARTS) is 1. The van der Waals surface area contributed by atoms with Gasteiger partial charge in [-0.2, -0.15) is 0 Å². The quantitative estimate of drug-likeness (QED) is 0.946. The highest BCUT2D eigenvalue weighted by Crippen LogP contribution is 2.42. The Morgan fingerprint density at radius 1 is 1.14 bits per heavy atom. The second-order valence-corrected chi connectivity index (χ2v) is 6.04. The molecule has 1 heterocycles. The van der Waals surface area contributed by atoms with Gasteiger partial charge in [-0.05, 0) is 37.1 Å². The van der Waals surface area contributed by atoms with Crippen LogP contribution in [0.15, 0.2) is 48.5 Å². The summed E-state index contributed by atoms with van der Waals surface area (Å²) in [5.41, 5.74) is 2.14. The molecule has 4 nitrogen and oxygen atoms in total. The first-order chi connectivity index (χ1) is 10.4. The summed E-state index contributed by atoms with van der Waals surface area (Å²) in [6, 6.07) is 14.6. The number of fused-ring (bicyclic) bond motifs is 1. The molecule has 0 saturated heterocycles. The minimum absolute atomic E-state index is 0.00566. The molecule has 2 aromatic carbocycles. The molecule has 1 aliphatic rings. The third-order valence-corrected chi connectivity index (χ3v) is 4.17. The van der Waals surface area contributed by atoms with Crippen LogP contribution in [0.3, 0.4) is 0 Å². The van der Waals surface area contributed by atoms with Crippen LogP contribution in [0.5, 0.6) is 0 Å². The lowest BCUT2D eigenvalue weighted by atomic mass is 9.86. The zero-order valence-corrected chi connectivity index (χ0v) is 12.5. The number of anilines is 1. The number of aromatic carboxylic acids is 1. The standard InChI is InChI=1S/C18H17NO3/c1-18(2)14-9-8-13(16(20)21)10-15(14)19(17(18)22)11-12-6-4-3-5-7-12/h3-10H,11H2,1-2H3,(H,20,21). The largest absolute Gasteiger partial charge is 0.478 e. The van der Waals surface area contributed by atoms with Crippen molar-refractivity contribution in [3.63, 3.8) is 0 Å². The van der Waals surface area contributed by atoms with E-state index in [1.165, 1.54) is 0 Å². The van der Waals surface area contributed by atoms with Crippen LogP contribution in [-0.2, 0) is 16.8 Å². The van der Waals surface area contributed by atoms with Gasteiger partial charge in [0.2, 0.25) is 5.91 Å². The van der Waals surface area contributed by atoms with Crippen LogP contribution in [-0.4, -0.2) is 17.0 Å². The number of carbonyl (C=O) groups excluding carboxylic acids is 1. The van der Waals surface area contributed by atoms with Crippen molar-refractivity contribution < 1.29 is 14.7 Å². The number of rotatable bonds is 3. The van der Waals surface area contributed by atoms with Gasteiger partial charge in [-0.1, -0.05) is 36.4 Å². The highest BCUT2D eigenvalue weighted by Gasteiger charge is 2.43. The Morgan fingerprint density at radius 3 is 2.45 bits per heavy atom. The van der Waals surface area contributed by atoms with Crippen LogP contribution < -0.4 is 4.90 Å². The number of carboxylic acids is 1. The molecule has 1 amide bonds.